The Kier molecular flexibility index (Phi) is 31.4. The monoisotopic (exact) mass is 1090 g/mol. The molecule has 3 rings (SSSR count). The Labute approximate surface area is 437 Å². The number of phosphoric ester groups is 2. The molecule has 0 spiro atoms. The topological polar surface area (TPSA) is 323 Å². The van der Waals surface area contributed by atoms with Gasteiger partial charge in [0.25, 0.3) is 0 Å². The summed E-state index contributed by atoms with van der Waals surface area (Å²) in [4.78, 5) is 78.3. The van der Waals surface area contributed by atoms with Crippen LogP contribution in [0.15, 0.2) is 29.2 Å². The zero-order chi connectivity index (χ0) is 54.5. The van der Waals surface area contributed by atoms with Gasteiger partial charge in [-0.3, -0.25) is 28.0 Å². The number of phosphoric acid groups is 2. The number of Topliss-reactive ketones (excluding diaryl/α,β-unsaturated/α-hetero) is 1. The van der Waals surface area contributed by atoms with Gasteiger partial charge in [-0.25, -0.2) is 13.9 Å². The van der Waals surface area contributed by atoms with E-state index in [1.54, 1.807) is 0 Å². The van der Waals surface area contributed by atoms with Gasteiger partial charge in [0, 0.05) is 31.4 Å². The first kappa shape index (κ1) is 65.4. The molecule has 8 N–H and O–H groups in total. The zero-order valence-corrected chi connectivity index (χ0v) is 45.8. The van der Waals surface area contributed by atoms with Crippen molar-refractivity contribution in [2.75, 3.05) is 25.6 Å². The van der Waals surface area contributed by atoms with E-state index in [2.05, 4.69) is 23.1 Å². The number of cyclic esters (lactones) is 1. The van der Waals surface area contributed by atoms with Crippen molar-refractivity contribution in [3.8, 4) is 0 Å². The molecule has 1 aromatic rings. The summed E-state index contributed by atoms with van der Waals surface area (Å²) in [5, 5.41) is 45.8. The number of aliphatic hydroxyl groups excluding tert-OH is 4. The average molecular weight is 1090 g/mol. The molecular formula is C51H89N3O18P2. The second kappa shape index (κ2) is 35.5. The fourth-order valence-electron chi connectivity index (χ4n) is 9.11. The van der Waals surface area contributed by atoms with E-state index in [9.17, 15) is 58.5 Å². The molecule has 2 unspecified atom stereocenters. The SMILES string of the molecule is CCCCC[C@H](O)/C=C/[C@H]1C(=O)C[C@H](O)[C@@H]2CCCCCCC(=O)OC[C@@H](OC(=O)CCCCCCCCCCCCCCCC(C)C)COP(=O)(O)OP(=O)(O)OC[C@@H](O[C@H]2n2ccc(N)nc2=O)[C@@H](O)[C@H]1O. The van der Waals surface area contributed by atoms with E-state index in [1.807, 2.05) is 6.92 Å². The molecule has 2 fully saturated rings. The number of ketones is 1. The number of esters is 2. The van der Waals surface area contributed by atoms with E-state index in [1.165, 1.54) is 82.2 Å². The summed E-state index contributed by atoms with van der Waals surface area (Å²) in [7, 11) is -11.3. The van der Waals surface area contributed by atoms with E-state index in [-0.39, 0.29) is 25.1 Å². The number of nitrogens with two attached hydrogens (primary N) is 1. The number of fused-ring (bicyclic) bond motifs is 3. The van der Waals surface area contributed by atoms with E-state index in [0.717, 1.165) is 49.0 Å². The zero-order valence-electron chi connectivity index (χ0n) is 44.0. The first-order valence-corrected chi connectivity index (χ1v) is 30.2. The van der Waals surface area contributed by atoms with Gasteiger partial charge in [0.15, 0.2) is 6.10 Å². The molecule has 0 aromatic carbocycles. The first-order chi connectivity index (χ1) is 35.2. The minimum absolute atomic E-state index is 0.00673. The molecule has 426 valence electrons. The van der Waals surface area contributed by atoms with Crippen LogP contribution in [0, 0.1) is 17.8 Å². The van der Waals surface area contributed by atoms with Gasteiger partial charge in [0.05, 0.1) is 37.4 Å². The van der Waals surface area contributed by atoms with Crippen LogP contribution in [0.1, 0.15) is 194 Å². The number of hydrogen-bond donors (Lipinski definition) is 7. The van der Waals surface area contributed by atoms with Crippen molar-refractivity contribution in [3.05, 3.63) is 34.9 Å². The van der Waals surface area contributed by atoms with Crippen molar-refractivity contribution in [1.82, 2.24) is 9.55 Å². The van der Waals surface area contributed by atoms with Gasteiger partial charge < -0.3 is 50.2 Å². The Hall–Kier alpha value is -2.91. The van der Waals surface area contributed by atoms with E-state index in [0.29, 0.717) is 44.9 Å². The fraction of sp³-hybridized carbons (Fsp3) is 0.824. The molecule has 23 heteroatoms. The molecule has 2 aliphatic heterocycles. The Morgan fingerprint density at radius 1 is 0.824 bits per heavy atom. The van der Waals surface area contributed by atoms with Crippen LogP contribution in [-0.4, -0.2) is 114 Å². The van der Waals surface area contributed by atoms with Gasteiger partial charge in [-0.2, -0.15) is 9.29 Å². The number of carbonyl (C=O) groups is 3. The molecule has 0 radical (unpaired) electrons. The van der Waals surface area contributed by atoms with E-state index < -0.39 is 120 Å². The van der Waals surface area contributed by atoms with E-state index in [4.69, 9.17) is 29.0 Å². The van der Waals surface area contributed by atoms with Crippen molar-refractivity contribution >= 4 is 39.2 Å². The molecule has 0 amide bonds. The third-order valence-corrected chi connectivity index (χ3v) is 16.0. The predicted molar refractivity (Wildman–Crippen MR) is 276 cm³/mol. The average Bonchev–Trinajstić information content (AvgIpc) is 3.32. The van der Waals surface area contributed by atoms with Gasteiger partial charge in [0.2, 0.25) is 0 Å². The highest BCUT2D eigenvalue weighted by Gasteiger charge is 2.45. The van der Waals surface area contributed by atoms with Gasteiger partial charge >= 0.3 is 33.3 Å². The quantitative estimate of drug-likeness (QED) is 0.0223. The Morgan fingerprint density at radius 3 is 2.04 bits per heavy atom. The normalized spacial score (nSPS) is 29.2. The lowest BCUT2D eigenvalue weighted by Crippen LogP contribution is -2.51. The Bertz CT molecular complexity index is 1970. The lowest BCUT2D eigenvalue weighted by molar-refractivity contribution is -0.188. The second-order valence-electron chi connectivity index (χ2n) is 20.4. The summed E-state index contributed by atoms with van der Waals surface area (Å²) in [5.41, 5.74) is 4.79. The number of nitrogens with zero attached hydrogens (tertiary/aromatic N) is 2. The summed E-state index contributed by atoms with van der Waals surface area (Å²) in [5.74, 6) is -4.26. The summed E-state index contributed by atoms with van der Waals surface area (Å²) >= 11 is 0. The van der Waals surface area contributed by atoms with Gasteiger partial charge in [-0.15, -0.1) is 0 Å². The van der Waals surface area contributed by atoms with Crippen LogP contribution in [-0.2, 0) is 51.1 Å². The largest absolute Gasteiger partial charge is 0.481 e. The van der Waals surface area contributed by atoms with Crippen molar-refractivity contribution < 1.29 is 81.3 Å². The summed E-state index contributed by atoms with van der Waals surface area (Å²) in [6.45, 7) is 3.80. The molecule has 0 saturated carbocycles. The van der Waals surface area contributed by atoms with E-state index >= 15 is 0 Å². The van der Waals surface area contributed by atoms with Crippen LogP contribution in [0.2, 0.25) is 0 Å². The molecule has 2 aliphatic rings. The molecule has 2 bridgehead atoms. The third kappa shape index (κ3) is 26.4. The Morgan fingerprint density at radius 2 is 1.42 bits per heavy atom. The number of carbonyl (C=O) groups excluding carboxylic acids is 3. The van der Waals surface area contributed by atoms with Crippen LogP contribution < -0.4 is 11.4 Å². The summed E-state index contributed by atoms with van der Waals surface area (Å²) < 4.78 is 59.2. The van der Waals surface area contributed by atoms with Crippen LogP contribution in [0.4, 0.5) is 5.82 Å². The first-order valence-electron chi connectivity index (χ1n) is 27.2. The fourth-order valence-corrected chi connectivity index (χ4v) is 11.2. The van der Waals surface area contributed by atoms with Gasteiger partial charge in [0.1, 0.15) is 36.6 Å². The highest BCUT2D eigenvalue weighted by molar-refractivity contribution is 7.61. The van der Waals surface area contributed by atoms with Crippen molar-refractivity contribution in [3.63, 3.8) is 0 Å². The summed E-state index contributed by atoms with van der Waals surface area (Å²) in [6.07, 6.45) is 11.3. The number of aromatic nitrogens is 2. The van der Waals surface area contributed by atoms with Crippen LogP contribution in [0.3, 0.4) is 0 Å². The van der Waals surface area contributed by atoms with Crippen LogP contribution in [0.5, 0.6) is 0 Å². The number of nitrogen functional groups attached to an aromatic ring is 1. The Balaban J connectivity index is 1.76. The molecule has 11 atom stereocenters. The van der Waals surface area contributed by atoms with Crippen molar-refractivity contribution in [2.45, 2.75) is 231 Å². The minimum atomic E-state index is -5.71. The molecule has 0 aliphatic carbocycles. The van der Waals surface area contributed by atoms with Crippen LogP contribution >= 0.6 is 15.6 Å². The molecule has 2 saturated heterocycles. The lowest BCUT2D eigenvalue weighted by atomic mass is 9.83. The number of anilines is 1. The maximum Gasteiger partial charge on any atom is 0.481 e. The maximum atomic E-state index is 14.0. The highest BCUT2D eigenvalue weighted by Crippen LogP contribution is 2.60. The number of ether oxygens (including phenoxy) is 3. The predicted octanol–water partition coefficient (Wildman–Crippen LogP) is 8.06. The van der Waals surface area contributed by atoms with Gasteiger partial charge in [-0.05, 0) is 37.7 Å². The number of unbranched alkanes of at least 4 members (excludes halogenated alkanes) is 14. The number of hydrogen-bond acceptors (Lipinski definition) is 18. The van der Waals surface area contributed by atoms with Crippen molar-refractivity contribution in [1.29, 1.82) is 0 Å². The maximum absolute atomic E-state index is 14.0. The number of aliphatic hydroxyl groups is 4. The standard InChI is InChI=1S/C51H89N3O18P2/c1-4-5-19-25-38(55)29-30-40-42(56)33-43(57)41-26-21-17-18-22-27-46(58)67-34-39(70-47(59)28-23-16-14-12-10-8-6-7-9-11-13-15-20-24-37(2)3)35-68-73(63,64)72-74(65,66)69-36-44(49(61)48(40)60)71-50(41)54-32-31-45(52)53-51(54)62/h29-32,37-41,43-44,48-50,55,57,60-61H,4-28,33-36H2,1-3H3,(H,63,64)(H,65,66)(H2,52,53,62)/b30-29+/t38-,39+,40-,41-,43-,44+,48-,49+,50+/m0/s1. The molecule has 74 heavy (non-hydrogen) atoms. The second-order valence-corrected chi connectivity index (χ2v) is 23.4. The van der Waals surface area contributed by atoms with Crippen LogP contribution in [0.25, 0.3) is 0 Å². The number of rotatable bonds is 24. The minimum Gasteiger partial charge on any atom is -0.462 e. The smallest absolute Gasteiger partial charge is 0.462 e. The molecule has 1 aromatic heterocycles. The molecular weight excluding hydrogens is 1000 g/mol. The van der Waals surface area contributed by atoms with Crippen molar-refractivity contribution in [2.24, 2.45) is 17.8 Å². The molecule has 21 nitrogen and oxygen atoms in total. The lowest BCUT2D eigenvalue weighted by Gasteiger charge is -2.39. The summed E-state index contributed by atoms with van der Waals surface area (Å²) in [6, 6.07) is 1.25. The third-order valence-electron chi connectivity index (χ3n) is 13.4. The molecule has 3 heterocycles. The van der Waals surface area contributed by atoms with Gasteiger partial charge in [-0.1, -0.05) is 155 Å². The highest BCUT2D eigenvalue weighted by atomic mass is 31.3.